The first kappa shape index (κ1) is 17.8. The van der Waals surface area contributed by atoms with E-state index < -0.39 is 23.6 Å². The lowest BCUT2D eigenvalue weighted by atomic mass is 10.1. The van der Waals surface area contributed by atoms with Gasteiger partial charge in [-0.25, -0.2) is 4.79 Å². The molecule has 1 aliphatic rings. The Kier molecular flexibility index (Phi) is 5.45. The van der Waals surface area contributed by atoms with Crippen molar-refractivity contribution in [2.45, 2.75) is 6.18 Å². The van der Waals surface area contributed by atoms with Crippen molar-refractivity contribution >= 4 is 23.3 Å². The molecule has 6 nitrogen and oxygen atoms in total. The number of hydrogen-bond acceptors (Lipinski definition) is 4. The largest absolute Gasteiger partial charge is 0.478 e. The zero-order chi connectivity index (χ0) is 17.7. The molecule has 9 heteroatoms. The Labute approximate surface area is 135 Å². The van der Waals surface area contributed by atoms with Crippen molar-refractivity contribution in [3.8, 4) is 0 Å². The van der Waals surface area contributed by atoms with Crippen molar-refractivity contribution in [3.05, 3.63) is 35.9 Å². The van der Waals surface area contributed by atoms with Crippen LogP contribution in [-0.2, 0) is 20.5 Å². The molecule has 1 fully saturated rings. The Morgan fingerprint density at radius 1 is 1.21 bits per heavy atom. The minimum absolute atomic E-state index is 0.0354. The molecule has 2 rings (SSSR count). The van der Waals surface area contributed by atoms with Gasteiger partial charge in [0.25, 0.3) is 0 Å². The van der Waals surface area contributed by atoms with Gasteiger partial charge in [-0.15, -0.1) is 0 Å². The summed E-state index contributed by atoms with van der Waals surface area (Å²) in [5, 5.41) is 10.8. The van der Waals surface area contributed by atoms with E-state index in [0.29, 0.717) is 38.1 Å². The van der Waals surface area contributed by atoms with Crippen LogP contribution in [0.4, 0.5) is 24.5 Å². The third kappa shape index (κ3) is 4.72. The molecule has 2 N–H and O–H groups in total. The predicted octanol–water partition coefficient (Wildman–Crippen LogP) is 2.12. The quantitative estimate of drug-likeness (QED) is 0.818. The summed E-state index contributed by atoms with van der Waals surface area (Å²) in [4.78, 5) is 23.9. The summed E-state index contributed by atoms with van der Waals surface area (Å²) in [6.07, 6.45) is -3.21. The topological polar surface area (TPSA) is 78.9 Å². The van der Waals surface area contributed by atoms with E-state index >= 15 is 0 Å². The third-order valence-corrected chi connectivity index (χ3v) is 3.31. The van der Waals surface area contributed by atoms with E-state index in [2.05, 4.69) is 5.32 Å². The number of aliphatic carboxylic acids is 1. The molecule has 24 heavy (non-hydrogen) atoms. The Bertz CT molecular complexity index is 653. The van der Waals surface area contributed by atoms with E-state index in [-0.39, 0.29) is 5.69 Å². The summed E-state index contributed by atoms with van der Waals surface area (Å²) in [6, 6.07) is 3.05. The number of halogens is 3. The summed E-state index contributed by atoms with van der Waals surface area (Å²) >= 11 is 0. The zero-order valence-corrected chi connectivity index (χ0v) is 12.5. The highest BCUT2D eigenvalue weighted by Crippen LogP contribution is 2.35. The molecule has 1 aromatic rings. The average Bonchev–Trinajstić information content (AvgIpc) is 2.53. The van der Waals surface area contributed by atoms with Gasteiger partial charge >= 0.3 is 12.1 Å². The van der Waals surface area contributed by atoms with Crippen LogP contribution < -0.4 is 10.2 Å². The van der Waals surface area contributed by atoms with Gasteiger partial charge in [0, 0.05) is 25.2 Å². The van der Waals surface area contributed by atoms with Crippen LogP contribution in [0.5, 0.6) is 0 Å². The molecule has 0 aromatic heterocycles. The number of carbonyl (C=O) groups excluding carboxylic acids is 1. The molecule has 1 amide bonds. The van der Waals surface area contributed by atoms with E-state index in [4.69, 9.17) is 9.84 Å². The lowest BCUT2D eigenvalue weighted by Crippen LogP contribution is -2.36. The second kappa shape index (κ2) is 7.35. The molecule has 0 spiro atoms. The summed E-state index contributed by atoms with van der Waals surface area (Å²) in [7, 11) is 0. The van der Waals surface area contributed by atoms with Gasteiger partial charge in [0.1, 0.15) is 0 Å². The maximum Gasteiger partial charge on any atom is 0.416 e. The molecule has 0 aliphatic carbocycles. The number of ether oxygens (including phenoxy) is 1. The number of carboxylic acid groups (broad SMARTS) is 1. The Morgan fingerprint density at radius 3 is 2.46 bits per heavy atom. The fourth-order valence-corrected chi connectivity index (χ4v) is 2.21. The molecule has 1 heterocycles. The van der Waals surface area contributed by atoms with Gasteiger partial charge in [-0.1, -0.05) is 0 Å². The Hall–Kier alpha value is -2.55. The van der Waals surface area contributed by atoms with Crippen molar-refractivity contribution in [1.82, 2.24) is 0 Å². The lowest BCUT2D eigenvalue weighted by molar-refractivity contribution is -0.137. The molecule has 1 aliphatic heterocycles. The molecule has 0 unspecified atom stereocenters. The van der Waals surface area contributed by atoms with Crippen LogP contribution in [0.3, 0.4) is 0 Å². The fraction of sp³-hybridized carbons (Fsp3) is 0.333. The number of morpholine rings is 1. The van der Waals surface area contributed by atoms with E-state index in [1.807, 2.05) is 0 Å². The minimum Gasteiger partial charge on any atom is -0.478 e. The first-order valence-electron chi connectivity index (χ1n) is 7.03. The number of hydrogen-bond donors (Lipinski definition) is 2. The van der Waals surface area contributed by atoms with Crippen LogP contribution in [-0.4, -0.2) is 43.3 Å². The van der Waals surface area contributed by atoms with Crippen LogP contribution in [0, 0.1) is 0 Å². The second-order valence-electron chi connectivity index (χ2n) is 4.99. The van der Waals surface area contributed by atoms with Gasteiger partial charge in [0.05, 0.1) is 30.2 Å². The van der Waals surface area contributed by atoms with E-state index in [0.717, 1.165) is 18.2 Å². The van der Waals surface area contributed by atoms with Gasteiger partial charge in [0.2, 0.25) is 5.91 Å². The molecule has 1 aromatic carbocycles. The Morgan fingerprint density at radius 2 is 1.88 bits per heavy atom. The molecule has 0 bridgehead atoms. The first-order valence-corrected chi connectivity index (χ1v) is 7.03. The average molecular weight is 344 g/mol. The van der Waals surface area contributed by atoms with Crippen LogP contribution in [0.25, 0.3) is 0 Å². The number of carbonyl (C=O) groups is 2. The highest BCUT2D eigenvalue weighted by molar-refractivity contribution is 6.04. The zero-order valence-electron chi connectivity index (χ0n) is 12.5. The first-order chi connectivity index (χ1) is 11.3. The number of rotatable bonds is 4. The van der Waals surface area contributed by atoms with Crippen molar-refractivity contribution in [2.75, 3.05) is 36.5 Å². The molecular weight excluding hydrogens is 329 g/mol. The third-order valence-electron chi connectivity index (χ3n) is 3.31. The maximum atomic E-state index is 12.9. The fourth-order valence-electron chi connectivity index (χ4n) is 2.21. The number of anilines is 2. The van der Waals surface area contributed by atoms with Gasteiger partial charge in [-0.2, -0.15) is 13.2 Å². The van der Waals surface area contributed by atoms with Gasteiger partial charge in [-0.3, -0.25) is 4.79 Å². The van der Waals surface area contributed by atoms with Crippen molar-refractivity contribution in [1.29, 1.82) is 0 Å². The SMILES string of the molecule is O=C(O)/C=C\C(=O)Nc1cc(C(F)(F)F)ccc1N1CCOCC1. The maximum absolute atomic E-state index is 12.9. The van der Waals surface area contributed by atoms with Crippen molar-refractivity contribution in [3.63, 3.8) is 0 Å². The Balaban J connectivity index is 2.32. The van der Waals surface area contributed by atoms with Gasteiger partial charge in [0.15, 0.2) is 0 Å². The highest BCUT2D eigenvalue weighted by Gasteiger charge is 2.31. The summed E-state index contributed by atoms with van der Waals surface area (Å²) < 4.78 is 43.9. The number of amides is 1. The molecule has 1 saturated heterocycles. The minimum atomic E-state index is -4.56. The molecular formula is C15H15F3N2O4. The van der Waals surface area contributed by atoms with Gasteiger partial charge < -0.3 is 20.1 Å². The highest BCUT2D eigenvalue weighted by atomic mass is 19.4. The molecule has 130 valence electrons. The van der Waals surface area contributed by atoms with Gasteiger partial charge in [-0.05, 0) is 18.2 Å². The number of nitrogens with one attached hydrogen (secondary N) is 1. The van der Waals surface area contributed by atoms with Crippen molar-refractivity contribution in [2.24, 2.45) is 0 Å². The molecule has 0 atom stereocenters. The normalized spacial score (nSPS) is 15.5. The predicted molar refractivity (Wildman–Crippen MR) is 79.9 cm³/mol. The van der Waals surface area contributed by atoms with E-state index in [9.17, 15) is 22.8 Å². The number of carboxylic acids is 1. The van der Waals surface area contributed by atoms with Crippen molar-refractivity contribution < 1.29 is 32.6 Å². The standard InChI is InChI=1S/C15H15F3N2O4/c16-15(17,18)10-1-2-12(20-5-7-24-8-6-20)11(9-10)19-13(21)3-4-14(22)23/h1-4,9H,5-8H2,(H,19,21)(H,22,23)/b4-3-. The molecule has 0 radical (unpaired) electrons. The molecule has 0 saturated carbocycles. The lowest BCUT2D eigenvalue weighted by Gasteiger charge is -2.30. The monoisotopic (exact) mass is 344 g/mol. The number of alkyl halides is 3. The van der Waals surface area contributed by atoms with E-state index in [1.54, 1.807) is 4.90 Å². The van der Waals surface area contributed by atoms with E-state index in [1.165, 1.54) is 6.07 Å². The number of nitrogens with zero attached hydrogens (tertiary/aromatic N) is 1. The summed E-state index contributed by atoms with van der Waals surface area (Å²) in [6.45, 7) is 1.79. The van der Waals surface area contributed by atoms with Crippen LogP contribution in [0.2, 0.25) is 0 Å². The summed E-state index contributed by atoms with van der Waals surface area (Å²) in [5.74, 6) is -2.16. The number of benzene rings is 1. The van der Waals surface area contributed by atoms with Crippen LogP contribution in [0.1, 0.15) is 5.56 Å². The second-order valence-corrected chi connectivity index (χ2v) is 4.99. The smallest absolute Gasteiger partial charge is 0.416 e. The summed E-state index contributed by atoms with van der Waals surface area (Å²) in [5.41, 5.74) is -0.521. The van der Waals surface area contributed by atoms with Crippen LogP contribution >= 0.6 is 0 Å². The van der Waals surface area contributed by atoms with Crippen LogP contribution in [0.15, 0.2) is 30.4 Å².